The molecule has 0 amide bonds. The maximum absolute atomic E-state index is 4.90. The Balaban J connectivity index is 1.98. The van der Waals surface area contributed by atoms with Gasteiger partial charge < -0.3 is 5.32 Å². The molecule has 2 nitrogen and oxygen atoms in total. The van der Waals surface area contributed by atoms with Crippen molar-refractivity contribution in [1.82, 2.24) is 10.3 Å². The van der Waals surface area contributed by atoms with Gasteiger partial charge >= 0.3 is 0 Å². The fourth-order valence-corrected chi connectivity index (χ4v) is 3.92. The van der Waals surface area contributed by atoms with Gasteiger partial charge in [0.05, 0.1) is 10.7 Å². The van der Waals surface area contributed by atoms with E-state index in [9.17, 15) is 0 Å². The van der Waals surface area contributed by atoms with Crippen molar-refractivity contribution >= 4 is 11.3 Å². The summed E-state index contributed by atoms with van der Waals surface area (Å²) < 4.78 is 0. The van der Waals surface area contributed by atoms with Gasteiger partial charge in [-0.2, -0.15) is 0 Å². The Morgan fingerprint density at radius 1 is 1.44 bits per heavy atom. The summed E-state index contributed by atoms with van der Waals surface area (Å²) in [5, 5.41) is 4.96. The van der Waals surface area contributed by atoms with Crippen LogP contribution in [0.2, 0.25) is 0 Å². The van der Waals surface area contributed by atoms with Gasteiger partial charge in [0, 0.05) is 17.3 Å². The van der Waals surface area contributed by atoms with Crippen LogP contribution in [-0.4, -0.2) is 18.1 Å². The summed E-state index contributed by atoms with van der Waals surface area (Å²) in [7, 11) is 0. The molecule has 0 saturated heterocycles. The zero-order valence-corrected chi connectivity index (χ0v) is 12.8. The van der Waals surface area contributed by atoms with E-state index in [1.165, 1.54) is 36.4 Å². The number of hydrogen-bond acceptors (Lipinski definition) is 3. The molecular weight excluding hydrogens is 240 g/mol. The molecule has 102 valence electrons. The Labute approximate surface area is 115 Å². The van der Waals surface area contributed by atoms with Crippen molar-refractivity contribution in [3.8, 4) is 0 Å². The molecular formula is C15H26N2S. The van der Waals surface area contributed by atoms with Crippen LogP contribution in [0, 0.1) is 5.92 Å². The average Bonchev–Trinajstić information content (AvgIpc) is 2.72. The molecule has 0 aliphatic heterocycles. The summed E-state index contributed by atoms with van der Waals surface area (Å²) in [6, 6.07) is 0. The molecule has 0 saturated carbocycles. The van der Waals surface area contributed by atoms with Crippen molar-refractivity contribution in [1.29, 1.82) is 0 Å². The van der Waals surface area contributed by atoms with Gasteiger partial charge in [-0.05, 0) is 44.6 Å². The van der Waals surface area contributed by atoms with Gasteiger partial charge in [-0.15, -0.1) is 11.3 Å². The van der Waals surface area contributed by atoms with Crippen LogP contribution >= 0.6 is 11.3 Å². The Hall–Kier alpha value is -0.410. The van der Waals surface area contributed by atoms with Crippen LogP contribution in [0.5, 0.6) is 0 Å². The molecule has 1 aromatic rings. The number of fused-ring (bicyclic) bond motifs is 1. The predicted octanol–water partition coefficient (Wildman–Crippen LogP) is 3.76. The van der Waals surface area contributed by atoms with E-state index in [-0.39, 0.29) is 0 Å². The third kappa shape index (κ3) is 3.55. The van der Waals surface area contributed by atoms with Crippen LogP contribution in [0.25, 0.3) is 0 Å². The molecule has 0 bridgehead atoms. The fraction of sp³-hybridized carbons (Fsp3) is 0.800. The molecule has 1 aromatic heterocycles. The number of nitrogens with zero attached hydrogens (tertiary/aromatic N) is 1. The molecule has 0 aromatic carbocycles. The van der Waals surface area contributed by atoms with Gasteiger partial charge in [0.1, 0.15) is 0 Å². The quantitative estimate of drug-likeness (QED) is 0.848. The van der Waals surface area contributed by atoms with E-state index in [0.717, 1.165) is 25.4 Å². The SMILES string of the molecule is CCCc1nc2c(s1)CCCC2CNCC(C)C. The van der Waals surface area contributed by atoms with Crippen LogP contribution in [-0.2, 0) is 12.8 Å². The van der Waals surface area contributed by atoms with Crippen molar-refractivity contribution < 1.29 is 0 Å². The monoisotopic (exact) mass is 266 g/mol. The molecule has 1 aliphatic carbocycles. The molecule has 0 fully saturated rings. The summed E-state index contributed by atoms with van der Waals surface area (Å²) in [5.41, 5.74) is 1.42. The van der Waals surface area contributed by atoms with E-state index in [0.29, 0.717) is 5.92 Å². The molecule has 1 atom stereocenters. The number of hydrogen-bond donors (Lipinski definition) is 1. The van der Waals surface area contributed by atoms with Crippen molar-refractivity contribution in [2.24, 2.45) is 5.92 Å². The molecule has 1 N–H and O–H groups in total. The van der Waals surface area contributed by atoms with Crippen molar-refractivity contribution in [3.63, 3.8) is 0 Å². The first-order valence-corrected chi connectivity index (χ1v) is 8.21. The second kappa shape index (κ2) is 6.67. The smallest absolute Gasteiger partial charge is 0.0931 e. The van der Waals surface area contributed by atoms with Crippen LogP contribution in [0.1, 0.15) is 61.5 Å². The van der Waals surface area contributed by atoms with Crippen LogP contribution in [0.4, 0.5) is 0 Å². The fourth-order valence-electron chi connectivity index (χ4n) is 2.62. The van der Waals surface area contributed by atoms with E-state index in [2.05, 4.69) is 26.1 Å². The second-order valence-corrected chi connectivity index (χ2v) is 6.98. The molecule has 0 spiro atoms. The number of nitrogens with one attached hydrogen (secondary N) is 1. The average molecular weight is 266 g/mol. The number of rotatable bonds is 6. The van der Waals surface area contributed by atoms with Gasteiger partial charge in [0.25, 0.3) is 0 Å². The van der Waals surface area contributed by atoms with Crippen LogP contribution in [0.15, 0.2) is 0 Å². The Bertz CT molecular complexity index is 371. The van der Waals surface area contributed by atoms with E-state index >= 15 is 0 Å². The highest BCUT2D eigenvalue weighted by Crippen LogP contribution is 2.34. The maximum Gasteiger partial charge on any atom is 0.0931 e. The van der Waals surface area contributed by atoms with Gasteiger partial charge in [0.2, 0.25) is 0 Å². The summed E-state index contributed by atoms with van der Waals surface area (Å²) in [5.74, 6) is 1.40. The Morgan fingerprint density at radius 2 is 2.28 bits per heavy atom. The molecule has 0 radical (unpaired) electrons. The van der Waals surface area contributed by atoms with E-state index in [1.807, 2.05) is 11.3 Å². The first kappa shape index (κ1) is 14.0. The first-order chi connectivity index (χ1) is 8.70. The maximum atomic E-state index is 4.90. The van der Waals surface area contributed by atoms with Crippen molar-refractivity contribution in [2.75, 3.05) is 13.1 Å². The summed E-state index contributed by atoms with van der Waals surface area (Å²) >= 11 is 1.96. The molecule has 1 heterocycles. The zero-order chi connectivity index (χ0) is 13.0. The molecule has 1 aliphatic rings. The van der Waals surface area contributed by atoms with Crippen molar-refractivity contribution in [2.45, 2.75) is 58.8 Å². The summed E-state index contributed by atoms with van der Waals surface area (Å²) in [4.78, 5) is 6.47. The number of aryl methyl sites for hydroxylation is 2. The van der Waals surface area contributed by atoms with Crippen molar-refractivity contribution in [3.05, 3.63) is 15.6 Å². The minimum Gasteiger partial charge on any atom is -0.316 e. The molecule has 18 heavy (non-hydrogen) atoms. The summed E-state index contributed by atoms with van der Waals surface area (Å²) in [6.45, 7) is 9.00. The highest BCUT2D eigenvalue weighted by Gasteiger charge is 2.24. The largest absolute Gasteiger partial charge is 0.316 e. The second-order valence-electron chi connectivity index (χ2n) is 5.81. The van der Waals surface area contributed by atoms with Gasteiger partial charge in [-0.3, -0.25) is 0 Å². The lowest BCUT2D eigenvalue weighted by Crippen LogP contribution is -2.27. The highest BCUT2D eigenvalue weighted by atomic mass is 32.1. The minimum absolute atomic E-state index is 0.661. The number of aromatic nitrogens is 1. The van der Waals surface area contributed by atoms with Gasteiger partial charge in [-0.25, -0.2) is 4.98 Å². The third-order valence-corrected chi connectivity index (χ3v) is 4.71. The van der Waals surface area contributed by atoms with E-state index < -0.39 is 0 Å². The lowest BCUT2D eigenvalue weighted by Gasteiger charge is -2.22. The highest BCUT2D eigenvalue weighted by molar-refractivity contribution is 7.11. The Kier molecular flexibility index (Phi) is 5.19. The molecule has 2 rings (SSSR count). The van der Waals surface area contributed by atoms with E-state index in [4.69, 9.17) is 4.98 Å². The van der Waals surface area contributed by atoms with Crippen LogP contribution < -0.4 is 5.32 Å². The van der Waals surface area contributed by atoms with Gasteiger partial charge in [-0.1, -0.05) is 20.8 Å². The molecule has 3 heteroatoms. The third-order valence-electron chi connectivity index (χ3n) is 3.52. The zero-order valence-electron chi connectivity index (χ0n) is 12.0. The molecule has 1 unspecified atom stereocenters. The standard InChI is InChI=1S/C15H26N2S/c1-4-6-14-17-15-12(10-16-9-11(2)3)7-5-8-13(15)18-14/h11-12,16H,4-10H2,1-3H3. The minimum atomic E-state index is 0.661. The van der Waals surface area contributed by atoms with Crippen LogP contribution in [0.3, 0.4) is 0 Å². The summed E-state index contributed by atoms with van der Waals surface area (Å²) in [6.07, 6.45) is 6.28. The Morgan fingerprint density at radius 3 is 3.00 bits per heavy atom. The predicted molar refractivity (Wildman–Crippen MR) is 79.5 cm³/mol. The number of thiazole rings is 1. The first-order valence-electron chi connectivity index (χ1n) is 7.39. The lowest BCUT2D eigenvalue weighted by molar-refractivity contribution is 0.472. The normalized spacial score (nSPS) is 19.2. The lowest BCUT2D eigenvalue weighted by atomic mass is 9.91. The van der Waals surface area contributed by atoms with E-state index in [1.54, 1.807) is 4.88 Å². The van der Waals surface area contributed by atoms with Gasteiger partial charge in [0.15, 0.2) is 0 Å². The topological polar surface area (TPSA) is 24.9 Å².